The Bertz CT molecular complexity index is 1720. The third-order valence-corrected chi connectivity index (χ3v) is 6.63. The molecular formula is C28H23F4N7O2. The number of nitrogens with zero attached hydrogens (tertiary/aromatic N) is 4. The van der Waals surface area contributed by atoms with Crippen LogP contribution in [0.3, 0.4) is 0 Å². The van der Waals surface area contributed by atoms with Gasteiger partial charge in [0, 0.05) is 23.2 Å². The van der Waals surface area contributed by atoms with Crippen LogP contribution in [0.25, 0.3) is 33.3 Å². The summed E-state index contributed by atoms with van der Waals surface area (Å²) in [6, 6.07) is 11.9. The van der Waals surface area contributed by atoms with Crippen LogP contribution in [-0.2, 0) is 6.54 Å². The number of aromatic nitrogens is 5. The molecule has 9 nitrogen and oxygen atoms in total. The van der Waals surface area contributed by atoms with Crippen molar-refractivity contribution >= 4 is 22.6 Å². The van der Waals surface area contributed by atoms with Crippen molar-refractivity contribution in [3.8, 4) is 28.1 Å². The van der Waals surface area contributed by atoms with Crippen LogP contribution in [0.15, 0.2) is 60.9 Å². The van der Waals surface area contributed by atoms with Crippen molar-refractivity contribution in [2.75, 3.05) is 12.8 Å². The van der Waals surface area contributed by atoms with Crippen molar-refractivity contribution < 1.29 is 27.1 Å². The fraction of sp³-hybridized carbons (Fsp3) is 0.179. The molecule has 0 saturated carbocycles. The predicted octanol–water partition coefficient (Wildman–Crippen LogP) is 5.41. The summed E-state index contributed by atoms with van der Waals surface area (Å²) in [5, 5.41) is 17.4. The molecule has 0 fully saturated rings. The summed E-state index contributed by atoms with van der Waals surface area (Å²) in [4.78, 5) is 17.1. The number of rotatable bonds is 7. The molecule has 0 aliphatic rings. The summed E-state index contributed by atoms with van der Waals surface area (Å²) in [6.07, 6.45) is -1.86. The number of alkyl halides is 3. The topological polar surface area (TPSA) is 132 Å². The van der Waals surface area contributed by atoms with Crippen molar-refractivity contribution in [2.24, 2.45) is 0 Å². The van der Waals surface area contributed by atoms with Crippen molar-refractivity contribution in [2.45, 2.75) is 25.6 Å². The third kappa shape index (κ3) is 5.38. The maximum Gasteiger partial charge on any atom is 0.397 e. The number of halogens is 4. The van der Waals surface area contributed by atoms with Gasteiger partial charge in [-0.1, -0.05) is 24.3 Å². The molecule has 5 aromatic rings. The Balaban J connectivity index is 1.52. The van der Waals surface area contributed by atoms with Gasteiger partial charge in [-0.3, -0.25) is 14.9 Å². The first-order valence-corrected chi connectivity index (χ1v) is 12.3. The second kappa shape index (κ2) is 10.8. The van der Waals surface area contributed by atoms with Crippen LogP contribution in [0.1, 0.15) is 34.5 Å². The molecular weight excluding hydrogens is 542 g/mol. The number of H-pyrrole nitrogens is 1. The molecule has 2 aromatic carbocycles. The van der Waals surface area contributed by atoms with E-state index in [1.54, 1.807) is 24.3 Å². The van der Waals surface area contributed by atoms with Crippen LogP contribution in [0.5, 0.6) is 5.75 Å². The number of nitrogens with one attached hydrogen (secondary N) is 2. The minimum absolute atomic E-state index is 0.0435. The standard InChI is InChI=1S/C28H23F4N7O2/c1-14(28(30,31)32)23-21(17-9-10-35-36-13-17)25-22(26(33)39-38-25)24(37-23)16-5-3-15(4-6-16)12-34-27(40)19-11-18(29)7-8-20(19)41-2/h3-11,13-14H,12H2,1-2H3,(H,34,40)(H3,33,38,39). The number of carbonyl (C=O) groups is 1. The largest absolute Gasteiger partial charge is 0.496 e. The summed E-state index contributed by atoms with van der Waals surface area (Å²) in [6.45, 7) is 1.13. The third-order valence-electron chi connectivity index (χ3n) is 6.63. The van der Waals surface area contributed by atoms with E-state index in [0.29, 0.717) is 22.1 Å². The van der Waals surface area contributed by atoms with E-state index in [1.807, 2.05) is 0 Å². The van der Waals surface area contributed by atoms with Gasteiger partial charge in [-0.05, 0) is 36.8 Å². The van der Waals surface area contributed by atoms with Gasteiger partial charge < -0.3 is 15.8 Å². The molecule has 41 heavy (non-hydrogen) atoms. The van der Waals surface area contributed by atoms with E-state index in [1.165, 1.54) is 37.7 Å². The molecule has 0 aliphatic carbocycles. The Hall–Kier alpha value is -5.07. The molecule has 1 unspecified atom stereocenters. The molecule has 0 radical (unpaired) electrons. The molecule has 0 aliphatic heterocycles. The van der Waals surface area contributed by atoms with Crippen LogP contribution in [0.2, 0.25) is 0 Å². The van der Waals surface area contributed by atoms with Gasteiger partial charge in [-0.2, -0.15) is 28.5 Å². The van der Waals surface area contributed by atoms with Crippen LogP contribution in [0, 0.1) is 5.82 Å². The highest BCUT2D eigenvalue weighted by molar-refractivity contribution is 6.07. The molecule has 4 N–H and O–H groups in total. The van der Waals surface area contributed by atoms with E-state index in [-0.39, 0.29) is 46.1 Å². The number of aromatic amines is 1. The summed E-state index contributed by atoms with van der Waals surface area (Å²) in [5.41, 5.74) is 8.19. The lowest BCUT2D eigenvalue weighted by atomic mass is 9.93. The number of ether oxygens (including phenoxy) is 1. The van der Waals surface area contributed by atoms with Crippen LogP contribution in [0.4, 0.5) is 23.4 Å². The minimum Gasteiger partial charge on any atom is -0.496 e. The van der Waals surface area contributed by atoms with Gasteiger partial charge in [0.1, 0.15) is 11.6 Å². The van der Waals surface area contributed by atoms with Gasteiger partial charge in [0.2, 0.25) is 0 Å². The molecule has 0 bridgehead atoms. The van der Waals surface area contributed by atoms with E-state index >= 15 is 0 Å². The van der Waals surface area contributed by atoms with Crippen LogP contribution < -0.4 is 15.8 Å². The van der Waals surface area contributed by atoms with Crippen molar-refractivity contribution in [3.63, 3.8) is 0 Å². The molecule has 5 rings (SSSR count). The number of hydrogen-bond acceptors (Lipinski definition) is 7. The number of pyridine rings is 1. The lowest BCUT2D eigenvalue weighted by molar-refractivity contribution is -0.146. The Morgan fingerprint density at radius 3 is 2.51 bits per heavy atom. The Labute approximate surface area is 230 Å². The lowest BCUT2D eigenvalue weighted by Crippen LogP contribution is -2.23. The maximum atomic E-state index is 14.0. The van der Waals surface area contributed by atoms with E-state index in [0.717, 1.165) is 13.0 Å². The number of amides is 1. The second-order valence-corrected chi connectivity index (χ2v) is 9.20. The first-order chi connectivity index (χ1) is 19.6. The van der Waals surface area contributed by atoms with E-state index in [9.17, 15) is 22.4 Å². The molecule has 210 valence electrons. The second-order valence-electron chi connectivity index (χ2n) is 9.20. The Morgan fingerprint density at radius 2 is 1.85 bits per heavy atom. The molecule has 1 atom stereocenters. The van der Waals surface area contributed by atoms with Gasteiger partial charge in [-0.15, -0.1) is 0 Å². The molecule has 13 heteroatoms. The number of benzene rings is 2. The predicted molar refractivity (Wildman–Crippen MR) is 143 cm³/mol. The lowest BCUT2D eigenvalue weighted by Gasteiger charge is -2.20. The fourth-order valence-electron chi connectivity index (χ4n) is 4.46. The highest BCUT2D eigenvalue weighted by atomic mass is 19.4. The van der Waals surface area contributed by atoms with Crippen molar-refractivity contribution in [3.05, 3.63) is 83.6 Å². The molecule has 3 heterocycles. The molecule has 3 aromatic heterocycles. The zero-order valence-corrected chi connectivity index (χ0v) is 21.8. The van der Waals surface area contributed by atoms with E-state index < -0.39 is 23.8 Å². The first-order valence-electron chi connectivity index (χ1n) is 12.3. The monoisotopic (exact) mass is 565 g/mol. The number of anilines is 1. The number of carbonyl (C=O) groups excluding carboxylic acids is 1. The average Bonchev–Trinajstić information content (AvgIpc) is 3.36. The molecule has 1 amide bonds. The van der Waals surface area contributed by atoms with Crippen LogP contribution in [-0.4, -0.2) is 44.6 Å². The summed E-state index contributed by atoms with van der Waals surface area (Å²) in [7, 11) is 1.38. The molecule has 0 spiro atoms. The van der Waals surface area contributed by atoms with Crippen LogP contribution >= 0.6 is 0 Å². The highest BCUT2D eigenvalue weighted by Gasteiger charge is 2.40. The summed E-state index contributed by atoms with van der Waals surface area (Å²) >= 11 is 0. The summed E-state index contributed by atoms with van der Waals surface area (Å²) < 4.78 is 60.8. The normalized spacial score (nSPS) is 12.3. The fourth-order valence-corrected chi connectivity index (χ4v) is 4.46. The molecule has 0 saturated heterocycles. The first kappa shape index (κ1) is 27.5. The number of nitrogens with two attached hydrogens (primary N) is 1. The minimum atomic E-state index is -4.58. The Kier molecular flexibility index (Phi) is 7.26. The zero-order valence-electron chi connectivity index (χ0n) is 21.8. The number of nitrogen functional groups attached to an aromatic ring is 1. The van der Waals surface area contributed by atoms with E-state index in [2.05, 4.69) is 30.7 Å². The average molecular weight is 566 g/mol. The van der Waals surface area contributed by atoms with Gasteiger partial charge in [0.25, 0.3) is 5.91 Å². The van der Waals surface area contributed by atoms with Gasteiger partial charge in [0.05, 0.1) is 53.3 Å². The Morgan fingerprint density at radius 1 is 1.10 bits per heavy atom. The summed E-state index contributed by atoms with van der Waals surface area (Å²) in [5.74, 6) is -2.75. The van der Waals surface area contributed by atoms with Gasteiger partial charge >= 0.3 is 6.18 Å². The highest BCUT2D eigenvalue weighted by Crippen LogP contribution is 2.44. The smallest absolute Gasteiger partial charge is 0.397 e. The van der Waals surface area contributed by atoms with Crippen molar-refractivity contribution in [1.82, 2.24) is 30.7 Å². The van der Waals surface area contributed by atoms with E-state index in [4.69, 9.17) is 10.5 Å². The number of methoxy groups -OCH3 is 1. The zero-order chi connectivity index (χ0) is 29.3. The van der Waals surface area contributed by atoms with Gasteiger partial charge in [-0.25, -0.2) is 4.39 Å². The number of hydrogen-bond donors (Lipinski definition) is 3. The SMILES string of the molecule is COc1ccc(F)cc1C(=O)NCc1ccc(-c2nc(C(C)C(F)(F)F)c(-c3ccnnc3)c3[nH]nc(N)c23)cc1. The number of fused-ring (bicyclic) bond motifs is 1. The van der Waals surface area contributed by atoms with Crippen molar-refractivity contribution in [1.29, 1.82) is 0 Å². The quantitative estimate of drug-likeness (QED) is 0.225. The maximum absolute atomic E-state index is 14.0. The van der Waals surface area contributed by atoms with Gasteiger partial charge in [0.15, 0.2) is 5.82 Å².